The van der Waals surface area contributed by atoms with E-state index in [2.05, 4.69) is 56.3 Å². The average Bonchev–Trinajstić information content (AvgIpc) is 2.60. The molecule has 0 N–H and O–H groups in total. The second kappa shape index (κ2) is 8.51. The maximum atomic E-state index is 2.44. The van der Waals surface area contributed by atoms with Crippen LogP contribution in [0.4, 0.5) is 0 Å². The van der Waals surface area contributed by atoms with Crippen molar-refractivity contribution in [1.82, 2.24) is 0 Å². The van der Waals surface area contributed by atoms with Gasteiger partial charge in [-0.05, 0) is 78.7 Å². The highest BCUT2D eigenvalue weighted by atomic mass is 14.2. The number of hydrogen-bond acceptors (Lipinski definition) is 0. The molecule has 0 aliphatic heterocycles. The SMILES string of the molecule is CCC(C)c1ccc(CCCCCCc2ccc3c(c2)CC3)cc1. The van der Waals surface area contributed by atoms with Crippen LogP contribution in [0.2, 0.25) is 0 Å². The smallest absolute Gasteiger partial charge is 0.0193 e. The third-order valence-electron chi connectivity index (χ3n) is 5.78. The van der Waals surface area contributed by atoms with E-state index in [1.807, 2.05) is 0 Å². The standard InChI is InChI=1S/C24H32/c1-3-19(2)22-13-10-20(11-14-22)8-6-4-5-7-9-21-12-15-23-16-17-24(23)18-21/h10-15,18-19H,3-9,16-17H2,1-2H3. The van der Waals surface area contributed by atoms with Gasteiger partial charge in [0.1, 0.15) is 0 Å². The highest BCUT2D eigenvalue weighted by molar-refractivity contribution is 5.38. The fourth-order valence-corrected chi connectivity index (χ4v) is 3.66. The molecule has 2 aromatic rings. The van der Waals surface area contributed by atoms with Crippen molar-refractivity contribution in [2.45, 2.75) is 77.6 Å². The Morgan fingerprint density at radius 2 is 1.38 bits per heavy atom. The summed E-state index contributed by atoms with van der Waals surface area (Å²) in [5.74, 6) is 0.689. The van der Waals surface area contributed by atoms with Crippen LogP contribution in [0.25, 0.3) is 0 Å². The molecule has 0 heteroatoms. The molecule has 3 rings (SSSR count). The van der Waals surface area contributed by atoms with Crippen LogP contribution in [0.1, 0.15) is 79.7 Å². The van der Waals surface area contributed by atoms with Crippen molar-refractivity contribution in [2.24, 2.45) is 0 Å². The topological polar surface area (TPSA) is 0 Å². The van der Waals surface area contributed by atoms with Gasteiger partial charge in [0, 0.05) is 0 Å². The fraction of sp³-hybridized carbons (Fsp3) is 0.500. The molecule has 0 radical (unpaired) electrons. The van der Waals surface area contributed by atoms with E-state index in [0.29, 0.717) is 5.92 Å². The zero-order chi connectivity index (χ0) is 16.8. The molecule has 2 aromatic carbocycles. The molecule has 0 fully saturated rings. The summed E-state index contributed by atoms with van der Waals surface area (Å²) in [7, 11) is 0. The van der Waals surface area contributed by atoms with Gasteiger partial charge in [-0.15, -0.1) is 0 Å². The predicted octanol–water partition coefficient (Wildman–Crippen LogP) is 6.64. The lowest BCUT2D eigenvalue weighted by molar-refractivity contribution is 0.639. The largest absolute Gasteiger partial charge is 0.0648 e. The summed E-state index contributed by atoms with van der Waals surface area (Å²) in [5, 5.41) is 0. The molecule has 24 heavy (non-hydrogen) atoms. The second-order valence-electron chi connectivity index (χ2n) is 7.57. The summed E-state index contributed by atoms with van der Waals surface area (Å²) in [5.41, 5.74) is 7.73. The summed E-state index contributed by atoms with van der Waals surface area (Å²) in [4.78, 5) is 0. The van der Waals surface area contributed by atoms with Gasteiger partial charge in [0.25, 0.3) is 0 Å². The lowest BCUT2D eigenvalue weighted by Gasteiger charge is -2.19. The van der Waals surface area contributed by atoms with Gasteiger partial charge in [-0.1, -0.05) is 69.2 Å². The minimum atomic E-state index is 0.689. The molecule has 0 heterocycles. The first kappa shape index (κ1) is 17.3. The molecule has 0 amide bonds. The minimum Gasteiger partial charge on any atom is -0.0648 e. The zero-order valence-corrected chi connectivity index (χ0v) is 15.5. The second-order valence-corrected chi connectivity index (χ2v) is 7.57. The first-order valence-electron chi connectivity index (χ1n) is 9.95. The van der Waals surface area contributed by atoms with Gasteiger partial charge in [0.05, 0.1) is 0 Å². The molecule has 1 aliphatic carbocycles. The number of hydrogen-bond donors (Lipinski definition) is 0. The minimum absolute atomic E-state index is 0.689. The van der Waals surface area contributed by atoms with Gasteiger partial charge in [-0.2, -0.15) is 0 Å². The highest BCUT2D eigenvalue weighted by Gasteiger charge is 2.12. The Bertz CT molecular complexity index is 636. The van der Waals surface area contributed by atoms with Gasteiger partial charge in [0.2, 0.25) is 0 Å². The molecule has 0 saturated carbocycles. The summed E-state index contributed by atoms with van der Waals surface area (Å²) >= 11 is 0. The summed E-state index contributed by atoms with van der Waals surface area (Å²) in [6.45, 7) is 4.58. The van der Waals surface area contributed by atoms with Crippen LogP contribution in [-0.4, -0.2) is 0 Å². The molecule has 0 nitrogen and oxygen atoms in total. The molecule has 0 saturated heterocycles. The predicted molar refractivity (Wildman–Crippen MR) is 105 cm³/mol. The average molecular weight is 321 g/mol. The van der Waals surface area contributed by atoms with E-state index in [9.17, 15) is 0 Å². The number of benzene rings is 2. The van der Waals surface area contributed by atoms with E-state index in [0.717, 1.165) is 0 Å². The maximum absolute atomic E-state index is 2.44. The van der Waals surface area contributed by atoms with E-state index in [1.54, 1.807) is 16.7 Å². The highest BCUT2D eigenvalue weighted by Crippen LogP contribution is 2.24. The molecule has 0 bridgehead atoms. The number of rotatable bonds is 9. The number of fused-ring (bicyclic) bond motifs is 1. The van der Waals surface area contributed by atoms with Crippen LogP contribution in [0, 0.1) is 0 Å². The van der Waals surface area contributed by atoms with Crippen molar-refractivity contribution < 1.29 is 0 Å². The van der Waals surface area contributed by atoms with Gasteiger partial charge < -0.3 is 0 Å². The van der Waals surface area contributed by atoms with Gasteiger partial charge >= 0.3 is 0 Å². The number of aryl methyl sites for hydroxylation is 4. The lowest BCUT2D eigenvalue weighted by atomic mass is 9.86. The van der Waals surface area contributed by atoms with E-state index in [-0.39, 0.29) is 0 Å². The summed E-state index contributed by atoms with van der Waals surface area (Å²) in [6.07, 6.45) is 11.7. The van der Waals surface area contributed by atoms with E-state index >= 15 is 0 Å². The lowest BCUT2D eigenvalue weighted by Crippen LogP contribution is -2.08. The Balaban J connectivity index is 1.31. The monoisotopic (exact) mass is 320 g/mol. The van der Waals surface area contributed by atoms with Gasteiger partial charge in [0.15, 0.2) is 0 Å². The Morgan fingerprint density at radius 3 is 1.96 bits per heavy atom. The van der Waals surface area contributed by atoms with Crippen molar-refractivity contribution in [2.75, 3.05) is 0 Å². The van der Waals surface area contributed by atoms with Crippen LogP contribution in [0.5, 0.6) is 0 Å². The van der Waals surface area contributed by atoms with E-state index in [4.69, 9.17) is 0 Å². The maximum Gasteiger partial charge on any atom is -0.0193 e. The summed E-state index contributed by atoms with van der Waals surface area (Å²) < 4.78 is 0. The van der Waals surface area contributed by atoms with Crippen LogP contribution >= 0.6 is 0 Å². The Morgan fingerprint density at radius 1 is 0.750 bits per heavy atom. The third-order valence-corrected chi connectivity index (χ3v) is 5.78. The third kappa shape index (κ3) is 4.50. The van der Waals surface area contributed by atoms with Crippen molar-refractivity contribution >= 4 is 0 Å². The van der Waals surface area contributed by atoms with Crippen LogP contribution in [0.3, 0.4) is 0 Å². The Hall–Kier alpha value is -1.56. The fourth-order valence-electron chi connectivity index (χ4n) is 3.66. The molecular formula is C24H32. The molecule has 0 aromatic heterocycles. The molecule has 1 unspecified atom stereocenters. The molecule has 128 valence electrons. The van der Waals surface area contributed by atoms with Gasteiger partial charge in [-0.3, -0.25) is 0 Å². The molecule has 1 atom stereocenters. The summed E-state index contributed by atoms with van der Waals surface area (Å²) in [6, 6.07) is 16.5. The first-order chi connectivity index (χ1) is 11.8. The van der Waals surface area contributed by atoms with Crippen molar-refractivity contribution in [3.05, 3.63) is 70.3 Å². The molecular weight excluding hydrogens is 288 g/mol. The van der Waals surface area contributed by atoms with Crippen LogP contribution in [0.15, 0.2) is 42.5 Å². The first-order valence-corrected chi connectivity index (χ1v) is 9.95. The van der Waals surface area contributed by atoms with E-state index in [1.165, 1.54) is 68.9 Å². The normalized spacial score (nSPS) is 14.1. The van der Waals surface area contributed by atoms with E-state index < -0.39 is 0 Å². The number of unbranched alkanes of at least 4 members (excludes halogenated alkanes) is 3. The molecule has 1 aliphatic rings. The van der Waals surface area contributed by atoms with Crippen LogP contribution in [-0.2, 0) is 25.7 Å². The zero-order valence-electron chi connectivity index (χ0n) is 15.5. The van der Waals surface area contributed by atoms with Crippen molar-refractivity contribution in [1.29, 1.82) is 0 Å². The van der Waals surface area contributed by atoms with Crippen LogP contribution < -0.4 is 0 Å². The quantitative estimate of drug-likeness (QED) is 0.454. The Labute approximate surface area is 148 Å². The Kier molecular flexibility index (Phi) is 6.12. The molecule has 0 spiro atoms. The van der Waals surface area contributed by atoms with Crippen molar-refractivity contribution in [3.63, 3.8) is 0 Å². The van der Waals surface area contributed by atoms with Crippen molar-refractivity contribution in [3.8, 4) is 0 Å². The van der Waals surface area contributed by atoms with Gasteiger partial charge in [-0.25, -0.2) is 0 Å².